The maximum Gasteiger partial charge on any atom is 0.290 e. The molecule has 130 valence electrons. The predicted molar refractivity (Wildman–Crippen MR) is 99.6 cm³/mol. The highest BCUT2D eigenvalue weighted by Crippen LogP contribution is 2.30. The van der Waals surface area contributed by atoms with Crippen LogP contribution in [0.5, 0.6) is 11.5 Å². The van der Waals surface area contributed by atoms with Gasteiger partial charge >= 0.3 is 0 Å². The lowest BCUT2D eigenvalue weighted by molar-refractivity contribution is -0.195. The average Bonchev–Trinajstić information content (AvgIpc) is 2.64. The van der Waals surface area contributed by atoms with E-state index >= 15 is 0 Å². The lowest BCUT2D eigenvalue weighted by Crippen LogP contribution is -2.09. The van der Waals surface area contributed by atoms with Crippen LogP contribution in [0.15, 0.2) is 66.7 Å². The van der Waals surface area contributed by atoms with Gasteiger partial charge in [-0.1, -0.05) is 43.3 Å². The van der Waals surface area contributed by atoms with Gasteiger partial charge in [0.05, 0.1) is 6.61 Å². The molecule has 1 unspecified atom stereocenters. The molecule has 5 nitrogen and oxygen atoms in total. The van der Waals surface area contributed by atoms with Crippen molar-refractivity contribution in [2.24, 2.45) is 0 Å². The van der Waals surface area contributed by atoms with E-state index in [2.05, 4.69) is 4.72 Å². The summed E-state index contributed by atoms with van der Waals surface area (Å²) in [5.74, 6) is 1.48. The van der Waals surface area contributed by atoms with Crippen LogP contribution in [0.2, 0.25) is 0 Å². The van der Waals surface area contributed by atoms with Gasteiger partial charge in [0.1, 0.15) is 11.5 Å². The van der Waals surface area contributed by atoms with Gasteiger partial charge in [-0.15, -0.1) is 4.33 Å². The Morgan fingerprint density at radius 2 is 1.72 bits per heavy atom. The molecule has 3 rings (SSSR count). The van der Waals surface area contributed by atoms with E-state index in [9.17, 15) is 4.21 Å². The van der Waals surface area contributed by atoms with E-state index in [4.69, 9.17) is 14.0 Å². The maximum absolute atomic E-state index is 11.6. The van der Waals surface area contributed by atoms with Crippen molar-refractivity contribution in [2.75, 3.05) is 11.3 Å². The summed E-state index contributed by atoms with van der Waals surface area (Å²) in [6, 6.07) is 21.1. The van der Waals surface area contributed by atoms with Crippen molar-refractivity contribution < 1.29 is 18.2 Å². The number of hydrogen-bond donors (Lipinski definition) is 1. The van der Waals surface area contributed by atoms with Crippen LogP contribution in [0.3, 0.4) is 0 Å². The van der Waals surface area contributed by atoms with E-state index in [0.29, 0.717) is 18.0 Å². The second kappa shape index (κ2) is 8.62. The lowest BCUT2D eigenvalue weighted by Gasteiger charge is -2.10. The standard InChI is InChI=1S/C19H19NO4S/c1-2-14-22-24-25(21)20-16-10-12-17(13-11-16)23-19-9-5-7-15-6-3-4-8-18(15)19/h3-13,20H,2,14H2,1H3. The smallest absolute Gasteiger partial charge is 0.290 e. The van der Waals surface area contributed by atoms with Crippen LogP contribution in [0.1, 0.15) is 13.3 Å². The Kier molecular flexibility index (Phi) is 6.00. The van der Waals surface area contributed by atoms with Gasteiger partial charge in [-0.25, -0.2) is 9.10 Å². The highest BCUT2D eigenvalue weighted by atomic mass is 32.2. The molecule has 0 aliphatic rings. The van der Waals surface area contributed by atoms with Gasteiger partial charge in [-0.3, -0.25) is 4.72 Å². The summed E-state index contributed by atoms with van der Waals surface area (Å²) in [6.45, 7) is 2.33. The summed E-state index contributed by atoms with van der Waals surface area (Å²) in [6.07, 6.45) is 0.789. The van der Waals surface area contributed by atoms with Crippen molar-refractivity contribution in [3.63, 3.8) is 0 Å². The van der Waals surface area contributed by atoms with E-state index in [1.54, 1.807) is 24.3 Å². The molecule has 0 saturated carbocycles. The minimum absolute atomic E-state index is 0.394. The first kappa shape index (κ1) is 17.4. The van der Waals surface area contributed by atoms with Gasteiger partial charge in [0.15, 0.2) is 0 Å². The van der Waals surface area contributed by atoms with Crippen LogP contribution in [-0.4, -0.2) is 10.8 Å². The third-order valence-corrected chi connectivity index (χ3v) is 4.05. The molecule has 1 atom stereocenters. The van der Waals surface area contributed by atoms with Gasteiger partial charge in [-0.05, 0) is 42.1 Å². The minimum Gasteiger partial charge on any atom is -0.457 e. The molecule has 0 aromatic heterocycles. The van der Waals surface area contributed by atoms with Gasteiger partial charge in [0.2, 0.25) is 0 Å². The summed E-state index contributed by atoms with van der Waals surface area (Å²) >= 11 is -1.75. The molecule has 0 radical (unpaired) electrons. The van der Waals surface area contributed by atoms with E-state index in [0.717, 1.165) is 22.9 Å². The predicted octanol–water partition coefficient (Wildman–Crippen LogP) is 4.98. The van der Waals surface area contributed by atoms with Gasteiger partial charge in [0, 0.05) is 11.1 Å². The number of fused-ring (bicyclic) bond motifs is 1. The maximum atomic E-state index is 11.6. The molecule has 0 aliphatic carbocycles. The van der Waals surface area contributed by atoms with E-state index in [1.807, 2.05) is 49.4 Å². The van der Waals surface area contributed by atoms with Crippen molar-refractivity contribution in [3.8, 4) is 11.5 Å². The van der Waals surface area contributed by atoms with Crippen molar-refractivity contribution in [1.82, 2.24) is 0 Å². The zero-order valence-electron chi connectivity index (χ0n) is 13.8. The van der Waals surface area contributed by atoms with Crippen molar-refractivity contribution >= 4 is 27.7 Å². The van der Waals surface area contributed by atoms with E-state index < -0.39 is 11.3 Å². The summed E-state index contributed by atoms with van der Waals surface area (Å²) in [5.41, 5.74) is 0.642. The highest BCUT2D eigenvalue weighted by Gasteiger charge is 2.05. The zero-order valence-corrected chi connectivity index (χ0v) is 14.6. The monoisotopic (exact) mass is 357 g/mol. The lowest BCUT2D eigenvalue weighted by atomic mass is 10.1. The fourth-order valence-corrected chi connectivity index (χ4v) is 2.79. The van der Waals surface area contributed by atoms with Crippen LogP contribution in [0.4, 0.5) is 5.69 Å². The molecular weight excluding hydrogens is 338 g/mol. The second-order valence-electron chi connectivity index (χ2n) is 5.33. The molecule has 0 saturated heterocycles. The topological polar surface area (TPSA) is 56.8 Å². The number of hydrogen-bond acceptors (Lipinski definition) is 4. The average molecular weight is 357 g/mol. The Morgan fingerprint density at radius 3 is 2.52 bits per heavy atom. The summed E-state index contributed by atoms with van der Waals surface area (Å²) < 4.78 is 25.0. The van der Waals surface area contributed by atoms with Crippen molar-refractivity contribution in [1.29, 1.82) is 0 Å². The molecule has 0 fully saturated rings. The molecule has 0 heterocycles. The first-order valence-corrected chi connectivity index (χ1v) is 9.08. The number of benzene rings is 3. The van der Waals surface area contributed by atoms with Gasteiger partial charge in [-0.2, -0.15) is 0 Å². The third kappa shape index (κ3) is 4.79. The Labute approximate surface area is 149 Å². The van der Waals surface area contributed by atoms with Crippen LogP contribution in [0.25, 0.3) is 10.8 Å². The molecule has 0 amide bonds. The molecule has 1 N–H and O–H groups in total. The fraction of sp³-hybridized carbons (Fsp3) is 0.158. The molecule has 0 aliphatic heterocycles. The fourth-order valence-electron chi connectivity index (χ4n) is 2.28. The molecule has 25 heavy (non-hydrogen) atoms. The molecule has 0 spiro atoms. The molecule has 6 heteroatoms. The Morgan fingerprint density at radius 1 is 0.960 bits per heavy atom. The van der Waals surface area contributed by atoms with Crippen LogP contribution in [0, 0.1) is 0 Å². The van der Waals surface area contributed by atoms with Gasteiger partial charge in [0.25, 0.3) is 11.3 Å². The Balaban J connectivity index is 1.65. The van der Waals surface area contributed by atoms with E-state index in [1.165, 1.54) is 0 Å². The number of nitrogens with one attached hydrogen (secondary N) is 1. The van der Waals surface area contributed by atoms with Crippen LogP contribution in [-0.2, 0) is 20.5 Å². The third-order valence-electron chi connectivity index (χ3n) is 3.43. The summed E-state index contributed by atoms with van der Waals surface area (Å²) in [5, 5.41) is 2.17. The molecule has 3 aromatic rings. The van der Waals surface area contributed by atoms with Crippen molar-refractivity contribution in [2.45, 2.75) is 13.3 Å². The van der Waals surface area contributed by atoms with Crippen LogP contribution >= 0.6 is 0 Å². The van der Waals surface area contributed by atoms with Crippen molar-refractivity contribution in [3.05, 3.63) is 66.7 Å². The Hall–Kier alpha value is -2.41. The number of ether oxygens (including phenoxy) is 1. The number of rotatable bonds is 8. The zero-order chi connectivity index (χ0) is 17.5. The molecular formula is C19H19NO4S. The normalized spacial score (nSPS) is 12.0. The van der Waals surface area contributed by atoms with Gasteiger partial charge < -0.3 is 4.74 Å². The van der Waals surface area contributed by atoms with Crippen LogP contribution < -0.4 is 9.46 Å². The number of anilines is 1. The van der Waals surface area contributed by atoms with E-state index in [-0.39, 0.29) is 0 Å². The largest absolute Gasteiger partial charge is 0.457 e. The first-order valence-electron chi connectivity index (χ1n) is 8.00. The second-order valence-corrected chi connectivity index (χ2v) is 6.14. The molecule has 0 bridgehead atoms. The highest BCUT2D eigenvalue weighted by molar-refractivity contribution is 7.81. The Bertz CT molecular complexity index is 846. The first-order chi connectivity index (χ1) is 12.3. The minimum atomic E-state index is -1.75. The summed E-state index contributed by atoms with van der Waals surface area (Å²) in [4.78, 5) is 4.77. The SMILES string of the molecule is CCCOOS(=O)Nc1ccc(Oc2cccc3ccccc23)cc1. The molecule has 3 aromatic carbocycles. The quantitative estimate of drug-likeness (QED) is 0.351. The summed E-state index contributed by atoms with van der Waals surface area (Å²) in [7, 11) is 0.